The highest BCUT2D eigenvalue weighted by atomic mass is 16.3. The van der Waals surface area contributed by atoms with E-state index in [-0.39, 0.29) is 11.9 Å². The number of furan rings is 1. The highest BCUT2D eigenvalue weighted by molar-refractivity contribution is 5.87. The minimum atomic E-state index is 0.00561. The fourth-order valence-electron chi connectivity index (χ4n) is 3.05. The molecule has 0 bridgehead atoms. The Labute approximate surface area is 148 Å². The molecule has 0 aliphatic heterocycles. The normalized spacial score (nSPS) is 12.5. The molecule has 25 heavy (non-hydrogen) atoms. The number of carbonyl (C=O) groups excluding carboxylic acids is 1. The van der Waals surface area contributed by atoms with Gasteiger partial charge in [0.25, 0.3) is 0 Å². The van der Waals surface area contributed by atoms with Crippen molar-refractivity contribution < 1.29 is 9.21 Å². The van der Waals surface area contributed by atoms with Crippen molar-refractivity contribution in [2.45, 2.75) is 19.4 Å². The molecule has 3 aromatic rings. The SMILES string of the molecule is Cc1ccc2c(CC(=O)NCC(c3ccccc3)N(C)C)coc2c1. The molecule has 1 aromatic heterocycles. The number of aryl methyl sites for hydroxylation is 1. The van der Waals surface area contributed by atoms with Gasteiger partial charge >= 0.3 is 0 Å². The number of rotatable bonds is 6. The molecule has 0 saturated heterocycles. The lowest BCUT2D eigenvalue weighted by Crippen LogP contribution is -2.35. The van der Waals surface area contributed by atoms with E-state index in [0.717, 1.165) is 22.1 Å². The van der Waals surface area contributed by atoms with Crippen LogP contribution in [0.1, 0.15) is 22.7 Å². The summed E-state index contributed by atoms with van der Waals surface area (Å²) in [4.78, 5) is 14.5. The van der Waals surface area contributed by atoms with Crippen LogP contribution in [0.2, 0.25) is 0 Å². The maximum absolute atomic E-state index is 12.4. The molecule has 0 aliphatic carbocycles. The largest absolute Gasteiger partial charge is 0.464 e. The molecule has 0 fully saturated rings. The average molecular weight is 336 g/mol. The third-order valence-corrected chi connectivity index (χ3v) is 4.46. The van der Waals surface area contributed by atoms with Gasteiger partial charge in [-0.05, 0) is 38.2 Å². The van der Waals surface area contributed by atoms with Crippen LogP contribution in [-0.4, -0.2) is 31.4 Å². The van der Waals surface area contributed by atoms with E-state index in [9.17, 15) is 4.79 Å². The van der Waals surface area contributed by atoms with Crippen molar-refractivity contribution in [3.63, 3.8) is 0 Å². The van der Waals surface area contributed by atoms with Crippen molar-refractivity contribution in [1.29, 1.82) is 0 Å². The maximum atomic E-state index is 12.4. The van der Waals surface area contributed by atoms with Crippen molar-refractivity contribution in [2.24, 2.45) is 0 Å². The van der Waals surface area contributed by atoms with E-state index < -0.39 is 0 Å². The average Bonchev–Trinajstić information content (AvgIpc) is 2.97. The quantitative estimate of drug-likeness (QED) is 0.746. The summed E-state index contributed by atoms with van der Waals surface area (Å²) in [5.74, 6) is 0.00561. The van der Waals surface area contributed by atoms with Crippen LogP contribution in [0.15, 0.2) is 59.2 Å². The van der Waals surface area contributed by atoms with Crippen LogP contribution in [0.5, 0.6) is 0 Å². The number of hydrogen-bond acceptors (Lipinski definition) is 3. The van der Waals surface area contributed by atoms with Crippen molar-refractivity contribution >= 4 is 16.9 Å². The first-order chi connectivity index (χ1) is 12.0. The summed E-state index contributed by atoms with van der Waals surface area (Å²) in [6, 6.07) is 16.4. The molecule has 1 atom stereocenters. The third-order valence-electron chi connectivity index (χ3n) is 4.46. The summed E-state index contributed by atoms with van der Waals surface area (Å²) in [7, 11) is 4.05. The van der Waals surface area contributed by atoms with Gasteiger partial charge in [0.2, 0.25) is 5.91 Å². The highest BCUT2D eigenvalue weighted by Gasteiger charge is 2.16. The van der Waals surface area contributed by atoms with E-state index in [2.05, 4.69) is 22.3 Å². The van der Waals surface area contributed by atoms with Crippen molar-refractivity contribution in [2.75, 3.05) is 20.6 Å². The van der Waals surface area contributed by atoms with Gasteiger partial charge in [0.1, 0.15) is 5.58 Å². The van der Waals surface area contributed by atoms with E-state index >= 15 is 0 Å². The van der Waals surface area contributed by atoms with Crippen molar-refractivity contribution in [3.8, 4) is 0 Å². The van der Waals surface area contributed by atoms with Gasteiger partial charge in [-0.2, -0.15) is 0 Å². The molecule has 0 aliphatic rings. The highest BCUT2D eigenvalue weighted by Crippen LogP contribution is 2.23. The number of nitrogens with zero attached hydrogens (tertiary/aromatic N) is 1. The van der Waals surface area contributed by atoms with Crippen LogP contribution in [-0.2, 0) is 11.2 Å². The standard InChI is InChI=1S/C21H24N2O2/c1-15-9-10-18-17(14-25-20(18)11-15)12-21(24)22-13-19(23(2)3)16-7-5-4-6-8-16/h4-11,14,19H,12-13H2,1-3H3,(H,22,24). The Balaban J connectivity index is 1.65. The summed E-state index contributed by atoms with van der Waals surface area (Å²) < 4.78 is 5.58. The molecule has 3 rings (SSSR count). The minimum absolute atomic E-state index is 0.00561. The van der Waals surface area contributed by atoms with Crippen molar-refractivity contribution in [1.82, 2.24) is 10.2 Å². The summed E-state index contributed by atoms with van der Waals surface area (Å²) in [5, 5.41) is 4.06. The van der Waals surface area contributed by atoms with Crippen LogP contribution in [0.4, 0.5) is 0 Å². The van der Waals surface area contributed by atoms with Crippen molar-refractivity contribution in [3.05, 3.63) is 71.5 Å². The van der Waals surface area contributed by atoms with Gasteiger partial charge in [-0.3, -0.25) is 4.79 Å². The summed E-state index contributed by atoms with van der Waals surface area (Å²) in [6.07, 6.45) is 2.01. The lowest BCUT2D eigenvalue weighted by atomic mass is 10.1. The predicted molar refractivity (Wildman–Crippen MR) is 101 cm³/mol. The van der Waals surface area contributed by atoms with Gasteiger partial charge in [0.15, 0.2) is 0 Å². The molecule has 0 spiro atoms. The number of hydrogen-bond donors (Lipinski definition) is 1. The first kappa shape index (κ1) is 17.2. The zero-order valence-electron chi connectivity index (χ0n) is 15.0. The molecule has 1 amide bonds. The number of amides is 1. The van der Waals surface area contributed by atoms with Crippen LogP contribution in [0.3, 0.4) is 0 Å². The number of nitrogens with one attached hydrogen (secondary N) is 1. The van der Waals surface area contributed by atoms with Gasteiger partial charge in [-0.1, -0.05) is 42.5 Å². The molecule has 0 radical (unpaired) electrons. The maximum Gasteiger partial charge on any atom is 0.224 e. The smallest absolute Gasteiger partial charge is 0.224 e. The first-order valence-electron chi connectivity index (χ1n) is 8.49. The molecule has 1 unspecified atom stereocenters. The Morgan fingerprint density at radius 3 is 2.64 bits per heavy atom. The number of fused-ring (bicyclic) bond motifs is 1. The lowest BCUT2D eigenvalue weighted by Gasteiger charge is -2.25. The van der Waals surface area contributed by atoms with E-state index in [0.29, 0.717) is 13.0 Å². The van der Waals surface area contributed by atoms with Gasteiger partial charge < -0.3 is 14.6 Å². The molecule has 1 N–H and O–H groups in total. The Morgan fingerprint density at radius 1 is 1.16 bits per heavy atom. The molecule has 4 heteroatoms. The second kappa shape index (κ2) is 7.53. The van der Waals surface area contributed by atoms with Crippen LogP contribution in [0, 0.1) is 6.92 Å². The van der Waals surface area contributed by atoms with E-state index in [1.54, 1.807) is 6.26 Å². The third kappa shape index (κ3) is 4.09. The van der Waals surface area contributed by atoms with E-state index in [1.165, 1.54) is 5.56 Å². The molecule has 2 aromatic carbocycles. The second-order valence-electron chi connectivity index (χ2n) is 6.63. The molecular formula is C21H24N2O2. The molecule has 130 valence electrons. The fraction of sp³-hybridized carbons (Fsp3) is 0.286. The van der Waals surface area contributed by atoms with Crippen LogP contribution >= 0.6 is 0 Å². The zero-order valence-corrected chi connectivity index (χ0v) is 15.0. The molecular weight excluding hydrogens is 312 g/mol. The Bertz CT molecular complexity index is 853. The van der Waals surface area contributed by atoms with Gasteiger partial charge in [-0.25, -0.2) is 0 Å². The van der Waals surface area contributed by atoms with Gasteiger partial charge in [0, 0.05) is 17.5 Å². The lowest BCUT2D eigenvalue weighted by molar-refractivity contribution is -0.120. The number of benzene rings is 2. The topological polar surface area (TPSA) is 45.5 Å². The molecule has 4 nitrogen and oxygen atoms in total. The molecule has 0 saturated carbocycles. The Hall–Kier alpha value is -2.59. The Morgan fingerprint density at radius 2 is 1.92 bits per heavy atom. The van der Waals surface area contributed by atoms with Gasteiger partial charge in [0.05, 0.1) is 18.7 Å². The summed E-state index contributed by atoms with van der Waals surface area (Å²) in [5.41, 5.74) is 4.10. The monoisotopic (exact) mass is 336 g/mol. The van der Waals surface area contributed by atoms with Crippen LogP contribution in [0.25, 0.3) is 11.0 Å². The fourth-order valence-corrected chi connectivity index (χ4v) is 3.05. The minimum Gasteiger partial charge on any atom is -0.464 e. The second-order valence-corrected chi connectivity index (χ2v) is 6.63. The predicted octanol–water partition coefficient (Wildman–Crippen LogP) is 3.70. The summed E-state index contributed by atoms with van der Waals surface area (Å²) in [6.45, 7) is 2.60. The summed E-state index contributed by atoms with van der Waals surface area (Å²) >= 11 is 0. The van der Waals surface area contributed by atoms with E-state index in [4.69, 9.17) is 4.42 Å². The zero-order chi connectivity index (χ0) is 17.8. The number of carbonyl (C=O) groups is 1. The Kier molecular flexibility index (Phi) is 5.19. The van der Waals surface area contributed by atoms with E-state index in [1.807, 2.05) is 57.4 Å². The number of likely N-dealkylation sites (N-methyl/N-ethyl adjacent to an activating group) is 1. The first-order valence-corrected chi connectivity index (χ1v) is 8.49. The molecule has 1 heterocycles. The van der Waals surface area contributed by atoms with Gasteiger partial charge in [-0.15, -0.1) is 0 Å². The van der Waals surface area contributed by atoms with Crippen LogP contribution < -0.4 is 5.32 Å².